The zero-order chi connectivity index (χ0) is 21.0. The summed E-state index contributed by atoms with van der Waals surface area (Å²) in [5, 5.41) is -0.343. The van der Waals surface area contributed by atoms with Gasteiger partial charge in [0.05, 0.1) is 18.6 Å². The molecule has 1 heterocycles. The molecule has 152 valence electrons. The molecule has 0 spiro atoms. The molecule has 2 amide bonds. The number of imide groups is 1. The van der Waals surface area contributed by atoms with Crippen molar-refractivity contribution in [3.8, 4) is 5.75 Å². The SMILES string of the molecule is CCN(CC)c1ccc(/C=C2\SC(=O)N(Cc3ccc(F)cc3)C2=O)c(OC)c1. The lowest BCUT2D eigenvalue weighted by Crippen LogP contribution is -2.27. The van der Waals surface area contributed by atoms with Crippen LogP contribution in [0.5, 0.6) is 5.75 Å². The van der Waals surface area contributed by atoms with Gasteiger partial charge in [-0.2, -0.15) is 0 Å². The van der Waals surface area contributed by atoms with Crippen molar-refractivity contribution in [1.82, 2.24) is 4.90 Å². The summed E-state index contributed by atoms with van der Waals surface area (Å²) in [6, 6.07) is 11.6. The van der Waals surface area contributed by atoms with Crippen molar-refractivity contribution in [2.45, 2.75) is 20.4 Å². The Bertz CT molecular complexity index is 940. The third kappa shape index (κ3) is 4.62. The van der Waals surface area contributed by atoms with Crippen molar-refractivity contribution in [3.63, 3.8) is 0 Å². The summed E-state index contributed by atoms with van der Waals surface area (Å²) < 4.78 is 18.6. The lowest BCUT2D eigenvalue weighted by atomic mass is 10.1. The van der Waals surface area contributed by atoms with Gasteiger partial charge in [-0.3, -0.25) is 14.5 Å². The van der Waals surface area contributed by atoms with Gasteiger partial charge in [-0.25, -0.2) is 4.39 Å². The average Bonchev–Trinajstić information content (AvgIpc) is 2.98. The largest absolute Gasteiger partial charge is 0.496 e. The van der Waals surface area contributed by atoms with E-state index in [-0.39, 0.29) is 23.5 Å². The number of halogens is 1. The molecule has 1 aliphatic rings. The van der Waals surface area contributed by atoms with E-state index in [4.69, 9.17) is 4.74 Å². The number of methoxy groups -OCH3 is 1. The van der Waals surface area contributed by atoms with Gasteiger partial charge in [0.15, 0.2) is 0 Å². The molecule has 0 aliphatic carbocycles. The number of carbonyl (C=O) groups excluding carboxylic acids is 2. The minimum Gasteiger partial charge on any atom is -0.496 e. The first kappa shape index (κ1) is 20.9. The van der Waals surface area contributed by atoms with E-state index in [1.54, 1.807) is 25.3 Å². The number of anilines is 1. The molecule has 0 bridgehead atoms. The molecule has 1 fully saturated rings. The normalized spacial score (nSPS) is 15.3. The Hall–Kier alpha value is -2.80. The molecule has 1 saturated heterocycles. The van der Waals surface area contributed by atoms with Crippen LogP contribution in [0.25, 0.3) is 6.08 Å². The van der Waals surface area contributed by atoms with E-state index in [2.05, 4.69) is 18.7 Å². The van der Waals surface area contributed by atoms with Gasteiger partial charge in [0.2, 0.25) is 0 Å². The molecule has 0 radical (unpaired) electrons. The molecule has 0 saturated carbocycles. The van der Waals surface area contributed by atoms with Crippen LogP contribution < -0.4 is 9.64 Å². The van der Waals surface area contributed by atoms with Crippen LogP contribution in [0.2, 0.25) is 0 Å². The number of hydrogen-bond acceptors (Lipinski definition) is 5. The summed E-state index contributed by atoms with van der Waals surface area (Å²) >= 11 is 0.896. The van der Waals surface area contributed by atoms with Crippen LogP contribution in [-0.2, 0) is 11.3 Å². The summed E-state index contributed by atoms with van der Waals surface area (Å²) in [6.07, 6.45) is 1.68. The van der Waals surface area contributed by atoms with Crippen molar-refractivity contribution in [2.24, 2.45) is 0 Å². The van der Waals surface area contributed by atoms with Crippen molar-refractivity contribution < 1.29 is 18.7 Å². The highest BCUT2D eigenvalue weighted by Gasteiger charge is 2.35. The van der Waals surface area contributed by atoms with E-state index in [9.17, 15) is 14.0 Å². The monoisotopic (exact) mass is 414 g/mol. The first-order valence-electron chi connectivity index (χ1n) is 9.39. The van der Waals surface area contributed by atoms with Gasteiger partial charge >= 0.3 is 0 Å². The standard InChI is InChI=1S/C22H23FN2O3S/c1-4-24(5-2)18-11-8-16(19(13-18)28-3)12-20-21(26)25(22(27)29-20)14-15-6-9-17(23)10-7-15/h6-13H,4-5,14H2,1-3H3/b20-12-. The van der Waals surface area contributed by atoms with Crippen LogP contribution in [0.15, 0.2) is 47.4 Å². The summed E-state index contributed by atoms with van der Waals surface area (Å²) in [5.41, 5.74) is 2.46. The number of rotatable bonds is 7. The Balaban J connectivity index is 1.84. The van der Waals surface area contributed by atoms with Gasteiger partial charge in [-0.15, -0.1) is 0 Å². The molecule has 0 N–H and O–H groups in total. The average molecular weight is 415 g/mol. The van der Waals surface area contributed by atoms with Gasteiger partial charge < -0.3 is 9.64 Å². The van der Waals surface area contributed by atoms with Crippen LogP contribution in [0, 0.1) is 5.82 Å². The third-order valence-corrected chi connectivity index (χ3v) is 5.67. The Morgan fingerprint density at radius 1 is 1.10 bits per heavy atom. The van der Waals surface area contributed by atoms with Crippen LogP contribution in [0.4, 0.5) is 14.9 Å². The maximum absolute atomic E-state index is 13.1. The third-order valence-electron chi connectivity index (χ3n) is 4.76. The van der Waals surface area contributed by atoms with Gasteiger partial charge in [0.25, 0.3) is 11.1 Å². The number of hydrogen-bond donors (Lipinski definition) is 0. The quantitative estimate of drug-likeness (QED) is 0.602. The minimum absolute atomic E-state index is 0.111. The van der Waals surface area contributed by atoms with E-state index in [0.29, 0.717) is 16.2 Å². The van der Waals surface area contributed by atoms with E-state index in [1.807, 2.05) is 18.2 Å². The lowest BCUT2D eigenvalue weighted by Gasteiger charge is -2.22. The zero-order valence-electron chi connectivity index (χ0n) is 16.6. The van der Waals surface area contributed by atoms with Gasteiger partial charge in [0.1, 0.15) is 11.6 Å². The Morgan fingerprint density at radius 2 is 1.79 bits per heavy atom. The maximum Gasteiger partial charge on any atom is 0.293 e. The maximum atomic E-state index is 13.1. The molecule has 2 aromatic rings. The number of ether oxygens (including phenoxy) is 1. The minimum atomic E-state index is -0.362. The number of carbonyl (C=O) groups is 2. The molecular formula is C22H23FN2O3S. The van der Waals surface area contributed by atoms with Gasteiger partial charge in [-0.05, 0) is 61.5 Å². The smallest absolute Gasteiger partial charge is 0.293 e. The Kier molecular flexibility index (Phi) is 6.59. The molecule has 5 nitrogen and oxygen atoms in total. The molecule has 0 unspecified atom stereocenters. The molecule has 2 aromatic carbocycles. The van der Waals surface area contributed by atoms with Crippen molar-refractivity contribution in [1.29, 1.82) is 0 Å². The zero-order valence-corrected chi connectivity index (χ0v) is 17.5. The van der Waals surface area contributed by atoms with Crippen LogP contribution >= 0.6 is 11.8 Å². The molecule has 29 heavy (non-hydrogen) atoms. The molecule has 3 rings (SSSR count). The second-order valence-corrected chi connectivity index (χ2v) is 7.49. The van der Waals surface area contributed by atoms with Crippen LogP contribution in [0.1, 0.15) is 25.0 Å². The number of nitrogens with zero attached hydrogens (tertiary/aromatic N) is 2. The van der Waals surface area contributed by atoms with Gasteiger partial charge in [-0.1, -0.05) is 12.1 Å². The fraction of sp³-hybridized carbons (Fsp3) is 0.273. The molecule has 7 heteroatoms. The highest BCUT2D eigenvalue weighted by atomic mass is 32.2. The molecule has 1 aliphatic heterocycles. The first-order valence-corrected chi connectivity index (χ1v) is 10.2. The first-order chi connectivity index (χ1) is 14.0. The number of amides is 2. The highest BCUT2D eigenvalue weighted by Crippen LogP contribution is 2.36. The predicted molar refractivity (Wildman–Crippen MR) is 114 cm³/mol. The Morgan fingerprint density at radius 3 is 2.41 bits per heavy atom. The van der Waals surface area contributed by atoms with E-state index in [1.165, 1.54) is 17.0 Å². The van der Waals surface area contributed by atoms with Crippen molar-refractivity contribution in [3.05, 3.63) is 64.3 Å². The fourth-order valence-corrected chi connectivity index (χ4v) is 3.98. The van der Waals surface area contributed by atoms with E-state index in [0.717, 1.165) is 36.1 Å². The number of benzene rings is 2. The molecule has 0 aromatic heterocycles. The molecule has 0 atom stereocenters. The molecular weight excluding hydrogens is 391 g/mol. The second kappa shape index (κ2) is 9.13. The summed E-state index contributed by atoms with van der Waals surface area (Å²) in [6.45, 7) is 6.03. The van der Waals surface area contributed by atoms with E-state index >= 15 is 0 Å². The summed E-state index contributed by atoms with van der Waals surface area (Å²) in [5.74, 6) is -0.0815. The fourth-order valence-electron chi connectivity index (χ4n) is 3.15. The van der Waals surface area contributed by atoms with E-state index < -0.39 is 0 Å². The Labute approximate surface area is 174 Å². The second-order valence-electron chi connectivity index (χ2n) is 6.49. The lowest BCUT2D eigenvalue weighted by molar-refractivity contribution is -0.123. The summed E-state index contributed by atoms with van der Waals surface area (Å²) in [4.78, 5) is 28.8. The number of thioether (sulfide) groups is 1. The highest BCUT2D eigenvalue weighted by molar-refractivity contribution is 8.18. The van der Waals surface area contributed by atoms with Crippen LogP contribution in [0.3, 0.4) is 0 Å². The van der Waals surface area contributed by atoms with Gasteiger partial charge in [0, 0.05) is 30.4 Å². The predicted octanol–water partition coefficient (Wildman–Crippen LogP) is 4.92. The van der Waals surface area contributed by atoms with Crippen molar-refractivity contribution >= 4 is 34.7 Å². The summed E-state index contributed by atoms with van der Waals surface area (Å²) in [7, 11) is 1.58. The topological polar surface area (TPSA) is 49.9 Å². The van der Waals surface area contributed by atoms with Crippen molar-refractivity contribution in [2.75, 3.05) is 25.1 Å². The van der Waals surface area contributed by atoms with Crippen LogP contribution in [-0.4, -0.2) is 36.2 Å².